The van der Waals surface area contributed by atoms with Crippen LogP contribution in [0.15, 0.2) is 24.3 Å². The number of aromatic hydroxyl groups is 1. The number of phenolic OH excluding ortho intramolecular Hbond substituents is 1. The lowest BCUT2D eigenvalue weighted by Crippen LogP contribution is -2.04. The third-order valence-corrected chi connectivity index (χ3v) is 4.81. The third-order valence-electron chi connectivity index (χ3n) is 2.42. The van der Waals surface area contributed by atoms with Crippen molar-refractivity contribution in [1.29, 1.82) is 0 Å². The summed E-state index contributed by atoms with van der Waals surface area (Å²) in [6.45, 7) is 3.21. The van der Waals surface area contributed by atoms with E-state index in [-0.39, 0.29) is 29.9 Å². The molecule has 0 radical (unpaired) electrons. The summed E-state index contributed by atoms with van der Waals surface area (Å²) < 4.78 is 17.7. The number of rotatable bonds is 6. The van der Waals surface area contributed by atoms with Crippen molar-refractivity contribution in [2.75, 3.05) is 12.3 Å². The van der Waals surface area contributed by atoms with E-state index < -0.39 is 7.37 Å². The van der Waals surface area contributed by atoms with Gasteiger partial charge in [-0.1, -0.05) is 19.1 Å². The third kappa shape index (κ3) is 4.23. The summed E-state index contributed by atoms with van der Waals surface area (Å²) in [5.74, 6) is 0.157. The maximum absolute atomic E-state index is 12.3. The van der Waals surface area contributed by atoms with Gasteiger partial charge in [-0.05, 0) is 19.1 Å². The van der Waals surface area contributed by atoms with Gasteiger partial charge < -0.3 is 14.4 Å². The SMILES string of the molecule is CCP(=O)(CCC(C)=O)Oc1ccccc1O. The predicted molar refractivity (Wildman–Crippen MR) is 67.0 cm³/mol. The van der Waals surface area contributed by atoms with Crippen molar-refractivity contribution in [2.24, 2.45) is 0 Å². The Morgan fingerprint density at radius 2 is 2.06 bits per heavy atom. The minimum atomic E-state index is -2.88. The summed E-state index contributed by atoms with van der Waals surface area (Å²) in [4.78, 5) is 10.9. The first-order valence-corrected chi connectivity index (χ1v) is 7.51. The van der Waals surface area contributed by atoms with Crippen molar-refractivity contribution < 1.29 is 19.0 Å². The number of benzene rings is 1. The van der Waals surface area contributed by atoms with Crippen molar-refractivity contribution in [3.8, 4) is 11.5 Å². The van der Waals surface area contributed by atoms with E-state index in [1.54, 1.807) is 25.1 Å². The van der Waals surface area contributed by atoms with Crippen molar-refractivity contribution >= 4 is 13.2 Å². The lowest BCUT2D eigenvalue weighted by molar-refractivity contribution is -0.116. The van der Waals surface area contributed by atoms with Crippen LogP contribution in [0.1, 0.15) is 20.3 Å². The van der Waals surface area contributed by atoms with E-state index in [0.29, 0.717) is 6.16 Å². The minimum absolute atomic E-state index is 0.0143. The Labute approximate surface area is 101 Å². The predicted octanol–water partition coefficient (Wildman–Crippen LogP) is 3.05. The standard InChI is InChI=1S/C12H17O4P/c1-3-17(15,9-8-10(2)13)16-12-7-5-4-6-11(12)14/h4-7,14H,3,8-9H2,1-2H3. The van der Waals surface area contributed by atoms with Crippen LogP contribution < -0.4 is 4.52 Å². The van der Waals surface area contributed by atoms with Crippen LogP contribution in [0, 0.1) is 0 Å². The molecular weight excluding hydrogens is 239 g/mol. The van der Waals surface area contributed by atoms with E-state index in [0.717, 1.165) is 0 Å². The molecule has 0 aliphatic heterocycles. The Balaban J connectivity index is 2.79. The van der Waals surface area contributed by atoms with Crippen LogP contribution in [0.3, 0.4) is 0 Å². The second-order valence-corrected chi connectivity index (χ2v) is 6.76. The average molecular weight is 256 g/mol. The lowest BCUT2D eigenvalue weighted by Gasteiger charge is -2.18. The Morgan fingerprint density at radius 3 is 2.59 bits per heavy atom. The van der Waals surface area contributed by atoms with E-state index in [9.17, 15) is 14.5 Å². The fourth-order valence-electron chi connectivity index (χ4n) is 1.31. The normalized spacial score (nSPS) is 14.0. The molecule has 0 aliphatic rings. The molecule has 0 aromatic heterocycles. The monoisotopic (exact) mass is 256 g/mol. The summed E-state index contributed by atoms with van der Waals surface area (Å²) in [6, 6.07) is 6.39. The Kier molecular flexibility index (Phi) is 4.76. The smallest absolute Gasteiger partial charge is 0.248 e. The number of carbonyl (C=O) groups excluding carboxylic acids is 1. The molecule has 0 aliphatic carbocycles. The number of ketones is 1. The molecular formula is C12H17O4P. The first-order chi connectivity index (χ1) is 7.97. The molecule has 0 amide bonds. The first-order valence-electron chi connectivity index (χ1n) is 5.52. The summed E-state index contributed by atoms with van der Waals surface area (Å²) in [6.07, 6.45) is 0.792. The second-order valence-electron chi connectivity index (χ2n) is 3.87. The fourth-order valence-corrected chi connectivity index (χ4v) is 3.01. The maximum Gasteiger partial charge on any atom is 0.248 e. The van der Waals surface area contributed by atoms with Gasteiger partial charge >= 0.3 is 0 Å². The van der Waals surface area contributed by atoms with Crippen LogP contribution >= 0.6 is 7.37 Å². The van der Waals surface area contributed by atoms with Gasteiger partial charge in [0.05, 0.1) is 0 Å². The van der Waals surface area contributed by atoms with Crippen LogP contribution in [-0.2, 0) is 9.36 Å². The van der Waals surface area contributed by atoms with E-state index in [2.05, 4.69) is 0 Å². The molecule has 1 aromatic rings. The van der Waals surface area contributed by atoms with Gasteiger partial charge in [0.1, 0.15) is 5.78 Å². The molecule has 0 saturated heterocycles. The molecule has 1 unspecified atom stereocenters. The van der Waals surface area contributed by atoms with Crippen molar-refractivity contribution in [2.45, 2.75) is 20.3 Å². The van der Waals surface area contributed by atoms with Crippen LogP contribution in [0.4, 0.5) is 0 Å². The van der Waals surface area contributed by atoms with Crippen molar-refractivity contribution in [3.05, 3.63) is 24.3 Å². The van der Waals surface area contributed by atoms with E-state index in [1.807, 2.05) is 0 Å². The lowest BCUT2D eigenvalue weighted by atomic mass is 10.3. The number of phenols is 1. The van der Waals surface area contributed by atoms with Gasteiger partial charge in [0.25, 0.3) is 0 Å². The molecule has 0 heterocycles. The number of hydrogen-bond acceptors (Lipinski definition) is 4. The van der Waals surface area contributed by atoms with Crippen LogP contribution in [0.2, 0.25) is 0 Å². The molecule has 1 N–H and O–H groups in total. The van der Waals surface area contributed by atoms with Crippen molar-refractivity contribution in [1.82, 2.24) is 0 Å². The zero-order valence-electron chi connectivity index (χ0n) is 10.0. The highest BCUT2D eigenvalue weighted by molar-refractivity contribution is 7.59. The summed E-state index contributed by atoms with van der Waals surface area (Å²) in [7, 11) is -2.88. The molecule has 0 spiro atoms. The van der Waals surface area contributed by atoms with Gasteiger partial charge in [0, 0.05) is 18.7 Å². The highest BCUT2D eigenvalue weighted by Crippen LogP contribution is 2.49. The molecule has 5 heteroatoms. The van der Waals surface area contributed by atoms with E-state index >= 15 is 0 Å². The largest absolute Gasteiger partial charge is 0.504 e. The topological polar surface area (TPSA) is 63.6 Å². The molecule has 1 aromatic carbocycles. The Bertz CT molecular complexity index is 442. The molecule has 17 heavy (non-hydrogen) atoms. The molecule has 1 atom stereocenters. The molecule has 0 bridgehead atoms. The number of para-hydroxylation sites is 2. The quantitative estimate of drug-likeness (QED) is 0.794. The number of carbonyl (C=O) groups is 1. The van der Waals surface area contributed by atoms with Crippen LogP contribution in [0.25, 0.3) is 0 Å². The van der Waals surface area contributed by atoms with Gasteiger partial charge in [-0.2, -0.15) is 0 Å². The van der Waals surface area contributed by atoms with Crippen molar-refractivity contribution in [3.63, 3.8) is 0 Å². The van der Waals surface area contributed by atoms with Gasteiger partial charge in [0.15, 0.2) is 11.5 Å². The molecule has 0 saturated carbocycles. The second kappa shape index (κ2) is 5.87. The number of Topliss-reactive ketones (excluding diaryl/α,β-unsaturated/α-hetero) is 1. The van der Waals surface area contributed by atoms with Gasteiger partial charge in [-0.25, -0.2) is 0 Å². The summed E-state index contributed by atoms with van der Waals surface area (Å²) in [5.41, 5.74) is 0. The van der Waals surface area contributed by atoms with Crippen LogP contribution in [0.5, 0.6) is 11.5 Å². The highest BCUT2D eigenvalue weighted by Gasteiger charge is 2.23. The summed E-state index contributed by atoms with van der Waals surface area (Å²) in [5, 5.41) is 9.53. The molecule has 94 valence electrons. The fraction of sp³-hybridized carbons (Fsp3) is 0.417. The minimum Gasteiger partial charge on any atom is -0.504 e. The number of hydrogen-bond donors (Lipinski definition) is 1. The van der Waals surface area contributed by atoms with Gasteiger partial charge in [-0.15, -0.1) is 0 Å². The molecule has 0 fully saturated rings. The molecule has 1 rings (SSSR count). The zero-order valence-corrected chi connectivity index (χ0v) is 10.9. The van der Waals surface area contributed by atoms with Gasteiger partial charge in [0.2, 0.25) is 7.37 Å². The average Bonchev–Trinajstić information content (AvgIpc) is 2.30. The van der Waals surface area contributed by atoms with E-state index in [1.165, 1.54) is 13.0 Å². The Hall–Kier alpha value is -1.28. The summed E-state index contributed by atoms with van der Waals surface area (Å²) >= 11 is 0. The zero-order chi connectivity index (χ0) is 12.9. The maximum atomic E-state index is 12.3. The van der Waals surface area contributed by atoms with Gasteiger partial charge in [-0.3, -0.25) is 4.57 Å². The van der Waals surface area contributed by atoms with Crippen LogP contribution in [-0.4, -0.2) is 23.2 Å². The van der Waals surface area contributed by atoms with E-state index in [4.69, 9.17) is 4.52 Å². The first kappa shape index (κ1) is 13.8. The molecule has 4 nitrogen and oxygen atoms in total. The highest BCUT2D eigenvalue weighted by atomic mass is 31.2. The Morgan fingerprint density at radius 1 is 1.41 bits per heavy atom.